The van der Waals surface area contributed by atoms with Gasteiger partial charge in [0.05, 0.1) is 32.0 Å². The first-order valence-electron chi connectivity index (χ1n) is 33.9. The molecule has 0 spiro atoms. The molecule has 2 fully saturated rings. The van der Waals surface area contributed by atoms with Crippen molar-refractivity contribution >= 4 is 5.91 Å². The first kappa shape index (κ1) is 74.8. The van der Waals surface area contributed by atoms with E-state index in [4.69, 9.17) is 18.9 Å². The molecule has 2 aliphatic rings. The third-order valence-corrected chi connectivity index (χ3v) is 17.0. The topological polar surface area (TPSA) is 228 Å². The van der Waals surface area contributed by atoms with Gasteiger partial charge >= 0.3 is 0 Å². The molecule has 0 bridgehead atoms. The Bertz CT molecular complexity index is 1390. The van der Waals surface area contributed by atoms with Gasteiger partial charge < -0.3 is 65.1 Å². The van der Waals surface area contributed by atoms with Gasteiger partial charge in [-0.3, -0.25) is 4.79 Å². The van der Waals surface area contributed by atoms with Crippen molar-refractivity contribution in [3.8, 4) is 0 Å². The number of nitrogens with one attached hydrogen (secondary N) is 1. The molecule has 12 atom stereocenters. The van der Waals surface area contributed by atoms with Crippen LogP contribution in [0.1, 0.15) is 309 Å². The summed E-state index contributed by atoms with van der Waals surface area (Å²) in [5, 5.41) is 87.0. The normalized spacial score (nSPS) is 24.2. The largest absolute Gasteiger partial charge is 0.394 e. The summed E-state index contributed by atoms with van der Waals surface area (Å²) in [7, 11) is 0. The predicted molar refractivity (Wildman–Crippen MR) is 323 cm³/mol. The number of ether oxygens (including phenoxy) is 4. The number of allylic oxidation sites excluding steroid dienone is 1. The molecular weight excluding hydrogens is 1010 g/mol. The molecule has 9 N–H and O–H groups in total. The van der Waals surface area contributed by atoms with Crippen LogP contribution in [0.25, 0.3) is 0 Å². The van der Waals surface area contributed by atoms with E-state index in [1.165, 1.54) is 244 Å². The highest BCUT2D eigenvalue weighted by Crippen LogP contribution is 2.30. The third kappa shape index (κ3) is 36.5. The van der Waals surface area contributed by atoms with E-state index in [2.05, 4.69) is 19.2 Å². The number of hydrogen-bond acceptors (Lipinski definition) is 13. The van der Waals surface area contributed by atoms with Crippen LogP contribution in [0.2, 0.25) is 0 Å². The van der Waals surface area contributed by atoms with Crippen molar-refractivity contribution in [1.29, 1.82) is 0 Å². The Morgan fingerprint density at radius 1 is 0.438 bits per heavy atom. The lowest BCUT2D eigenvalue weighted by Crippen LogP contribution is -2.65. The second kappa shape index (κ2) is 52.1. The molecule has 80 heavy (non-hydrogen) atoms. The van der Waals surface area contributed by atoms with Crippen molar-refractivity contribution in [3.63, 3.8) is 0 Å². The monoisotopic (exact) mass is 1140 g/mol. The van der Waals surface area contributed by atoms with Crippen molar-refractivity contribution in [2.24, 2.45) is 0 Å². The van der Waals surface area contributed by atoms with E-state index in [1.807, 2.05) is 6.08 Å². The average molecular weight is 1140 g/mol. The lowest BCUT2D eigenvalue weighted by Gasteiger charge is -2.46. The van der Waals surface area contributed by atoms with Crippen molar-refractivity contribution in [3.05, 3.63) is 12.2 Å². The first-order chi connectivity index (χ1) is 39.1. The van der Waals surface area contributed by atoms with E-state index < -0.39 is 86.8 Å². The molecule has 0 radical (unpaired) electrons. The number of hydrogen-bond donors (Lipinski definition) is 9. The van der Waals surface area contributed by atoms with Gasteiger partial charge in [-0.2, -0.15) is 0 Å². The van der Waals surface area contributed by atoms with Crippen LogP contribution in [0.4, 0.5) is 0 Å². The highest BCUT2D eigenvalue weighted by Gasteiger charge is 2.51. The van der Waals surface area contributed by atoms with Gasteiger partial charge in [0.15, 0.2) is 12.6 Å². The summed E-state index contributed by atoms with van der Waals surface area (Å²) in [5.74, 6) is -0.234. The summed E-state index contributed by atoms with van der Waals surface area (Å²) in [6, 6.07) is -0.909. The summed E-state index contributed by atoms with van der Waals surface area (Å²) in [5.41, 5.74) is 0. The lowest BCUT2D eigenvalue weighted by atomic mass is 9.97. The number of aliphatic hydroxyl groups is 8. The lowest BCUT2D eigenvalue weighted by molar-refractivity contribution is -0.359. The summed E-state index contributed by atoms with van der Waals surface area (Å²) >= 11 is 0. The van der Waals surface area contributed by atoms with E-state index in [0.29, 0.717) is 6.42 Å². The van der Waals surface area contributed by atoms with Crippen LogP contribution >= 0.6 is 0 Å². The number of carbonyl (C=O) groups is 1. The first-order valence-corrected chi connectivity index (χ1v) is 33.9. The van der Waals surface area contributed by atoms with Crippen LogP contribution in [0, 0.1) is 0 Å². The highest BCUT2D eigenvalue weighted by atomic mass is 16.7. The van der Waals surface area contributed by atoms with E-state index >= 15 is 0 Å². The second-order valence-electron chi connectivity index (χ2n) is 24.3. The standard InChI is InChI=1S/C66H127NO13/c1-3-5-7-9-11-13-15-16-17-18-19-20-21-22-23-24-25-26-27-28-29-30-31-32-33-34-35-36-37-38-40-42-44-46-48-50-58(71)67-54(55(70)49-47-45-43-41-39-14-12-10-8-6-4-2)53-77-65-63(76)61(74)64(57(52-69)79-65)80-66-62(75)60(73)59(72)56(51-68)78-66/h47,49,54-57,59-66,68-70,72-76H,3-46,48,50-53H2,1-2H3,(H,67,71)/b49-47+/t54-,55+,56+,57+,59-,60?,61?,62?,63?,64+,65+,66-/m0/s1. The molecule has 1 amide bonds. The second-order valence-corrected chi connectivity index (χ2v) is 24.3. The number of aliphatic hydroxyl groups excluding tert-OH is 8. The van der Waals surface area contributed by atoms with Crippen LogP contribution in [-0.4, -0.2) is 140 Å². The van der Waals surface area contributed by atoms with Crippen LogP contribution < -0.4 is 5.32 Å². The molecule has 2 aliphatic heterocycles. The van der Waals surface area contributed by atoms with Crippen LogP contribution in [0.15, 0.2) is 12.2 Å². The van der Waals surface area contributed by atoms with Crippen LogP contribution in [0.3, 0.4) is 0 Å². The summed E-state index contributed by atoms with van der Waals surface area (Å²) in [4.78, 5) is 13.3. The maximum absolute atomic E-state index is 13.3. The van der Waals surface area contributed by atoms with Gasteiger partial charge in [0.1, 0.15) is 48.8 Å². The third-order valence-electron chi connectivity index (χ3n) is 17.0. The zero-order chi connectivity index (χ0) is 58.1. The molecule has 2 saturated heterocycles. The summed E-state index contributed by atoms with van der Waals surface area (Å²) < 4.78 is 22.8. The molecule has 0 aliphatic carbocycles. The molecule has 2 rings (SSSR count). The van der Waals surface area contributed by atoms with Gasteiger partial charge in [0.2, 0.25) is 5.91 Å². The molecule has 2 heterocycles. The predicted octanol–water partition coefficient (Wildman–Crippen LogP) is 13.0. The molecule has 4 unspecified atom stereocenters. The van der Waals surface area contributed by atoms with E-state index in [-0.39, 0.29) is 18.9 Å². The molecular formula is C66H127NO13. The Labute approximate surface area is 488 Å². The Balaban J connectivity index is 1.56. The van der Waals surface area contributed by atoms with Gasteiger partial charge in [0, 0.05) is 6.42 Å². The minimum Gasteiger partial charge on any atom is -0.394 e. The summed E-state index contributed by atoms with van der Waals surface area (Å²) in [6.07, 6.45) is 45.9. The van der Waals surface area contributed by atoms with Gasteiger partial charge in [-0.25, -0.2) is 0 Å². The van der Waals surface area contributed by atoms with Crippen molar-refractivity contribution in [2.75, 3.05) is 19.8 Å². The smallest absolute Gasteiger partial charge is 0.220 e. The molecule has 0 aromatic carbocycles. The minimum absolute atomic E-state index is 0.234. The fraction of sp³-hybridized carbons (Fsp3) is 0.955. The SMILES string of the molecule is CCCCCCCCCCC/C=C/[C@@H](O)[C@H](CO[C@@H]1O[C@H](CO)[C@@H](O[C@@H]2O[C@H](CO)[C@H](O)C(O)C2O)C(O)C1O)NC(=O)CCCCCCCCCCCCCCCCCCCCCCCCCCCCCCCCCCCCC. The van der Waals surface area contributed by atoms with Gasteiger partial charge in [-0.15, -0.1) is 0 Å². The average Bonchev–Trinajstić information content (AvgIpc) is 3.46. The Morgan fingerprint density at radius 3 is 1.15 bits per heavy atom. The summed E-state index contributed by atoms with van der Waals surface area (Å²) in [6.45, 7) is 2.81. The maximum Gasteiger partial charge on any atom is 0.220 e. The number of amides is 1. The van der Waals surface area contributed by atoms with E-state index in [0.717, 1.165) is 38.5 Å². The quantitative estimate of drug-likeness (QED) is 0.0204. The molecule has 14 heteroatoms. The Hall–Kier alpha value is -1.27. The molecule has 474 valence electrons. The molecule has 14 nitrogen and oxygen atoms in total. The van der Waals surface area contributed by atoms with Gasteiger partial charge in [-0.1, -0.05) is 296 Å². The Kier molecular flexibility index (Phi) is 48.7. The fourth-order valence-electron chi connectivity index (χ4n) is 11.5. The van der Waals surface area contributed by atoms with Crippen LogP contribution in [0.5, 0.6) is 0 Å². The molecule has 0 aromatic heterocycles. The Morgan fingerprint density at radius 2 is 0.775 bits per heavy atom. The number of unbranched alkanes of at least 4 members (excludes halogenated alkanes) is 43. The minimum atomic E-state index is -1.79. The molecule has 0 aromatic rings. The van der Waals surface area contributed by atoms with Crippen molar-refractivity contribution < 1.29 is 64.6 Å². The van der Waals surface area contributed by atoms with Gasteiger partial charge in [0.25, 0.3) is 0 Å². The van der Waals surface area contributed by atoms with E-state index in [1.54, 1.807) is 6.08 Å². The zero-order valence-corrected chi connectivity index (χ0v) is 51.4. The van der Waals surface area contributed by atoms with Gasteiger partial charge in [-0.05, 0) is 19.3 Å². The van der Waals surface area contributed by atoms with Crippen molar-refractivity contribution in [2.45, 2.75) is 383 Å². The maximum atomic E-state index is 13.3. The number of rotatable bonds is 56. The fourth-order valence-corrected chi connectivity index (χ4v) is 11.5. The van der Waals surface area contributed by atoms with E-state index in [9.17, 15) is 45.6 Å². The van der Waals surface area contributed by atoms with Crippen LogP contribution in [-0.2, 0) is 23.7 Å². The molecule has 0 saturated carbocycles. The number of carbonyl (C=O) groups excluding carboxylic acids is 1. The van der Waals surface area contributed by atoms with Crippen molar-refractivity contribution in [1.82, 2.24) is 5.32 Å². The zero-order valence-electron chi connectivity index (χ0n) is 51.4. The highest BCUT2D eigenvalue weighted by molar-refractivity contribution is 5.76.